The fraction of sp³-hybridized carbons (Fsp3) is 0.188. The number of benzene rings is 2. The van der Waals surface area contributed by atoms with Crippen LogP contribution in [0.25, 0.3) is 0 Å². The van der Waals surface area contributed by atoms with Gasteiger partial charge in [0.05, 0.1) is 11.0 Å². The smallest absolute Gasteiger partial charge is 0.273 e. The molecular formula is C16H16N2O4. The molecule has 1 atom stereocenters. The Morgan fingerprint density at radius 3 is 2.64 bits per heavy atom. The minimum Gasteiger partial charge on any atom is -0.389 e. The number of amides is 1. The number of rotatable bonds is 4. The highest BCUT2D eigenvalue weighted by Crippen LogP contribution is 2.21. The summed E-state index contributed by atoms with van der Waals surface area (Å²) in [5.41, 5.74) is 1.81. The van der Waals surface area contributed by atoms with Crippen LogP contribution < -0.4 is 5.32 Å². The van der Waals surface area contributed by atoms with Crippen LogP contribution in [0, 0.1) is 17.0 Å². The van der Waals surface area contributed by atoms with Crippen molar-refractivity contribution in [3.8, 4) is 0 Å². The molecule has 0 saturated heterocycles. The maximum atomic E-state index is 12.2. The summed E-state index contributed by atoms with van der Waals surface area (Å²) >= 11 is 0. The number of hydrogen-bond acceptors (Lipinski definition) is 4. The molecule has 0 heterocycles. The molecule has 114 valence electrons. The van der Waals surface area contributed by atoms with E-state index in [0.29, 0.717) is 16.8 Å². The van der Waals surface area contributed by atoms with E-state index in [9.17, 15) is 20.0 Å². The first-order valence-corrected chi connectivity index (χ1v) is 6.73. The van der Waals surface area contributed by atoms with Crippen molar-refractivity contribution < 1.29 is 14.8 Å². The molecule has 0 unspecified atom stereocenters. The zero-order valence-electron chi connectivity index (χ0n) is 12.2. The van der Waals surface area contributed by atoms with E-state index < -0.39 is 16.9 Å². The van der Waals surface area contributed by atoms with Crippen molar-refractivity contribution in [3.63, 3.8) is 0 Å². The van der Waals surface area contributed by atoms with E-state index in [1.54, 1.807) is 44.2 Å². The van der Waals surface area contributed by atoms with Gasteiger partial charge in [-0.15, -0.1) is 0 Å². The van der Waals surface area contributed by atoms with E-state index in [1.165, 1.54) is 12.1 Å². The second kappa shape index (κ2) is 6.36. The average Bonchev–Trinajstić information content (AvgIpc) is 2.47. The Bertz CT molecular complexity index is 726. The lowest BCUT2D eigenvalue weighted by Crippen LogP contribution is -2.12. The van der Waals surface area contributed by atoms with Crippen LogP contribution in [-0.2, 0) is 0 Å². The van der Waals surface area contributed by atoms with E-state index >= 15 is 0 Å². The van der Waals surface area contributed by atoms with Crippen molar-refractivity contribution in [1.29, 1.82) is 0 Å². The Balaban J connectivity index is 2.24. The van der Waals surface area contributed by atoms with Gasteiger partial charge in [-0.3, -0.25) is 14.9 Å². The van der Waals surface area contributed by atoms with Gasteiger partial charge in [-0.2, -0.15) is 0 Å². The highest BCUT2D eigenvalue weighted by atomic mass is 16.6. The Morgan fingerprint density at radius 2 is 2.00 bits per heavy atom. The van der Waals surface area contributed by atoms with Crippen LogP contribution in [-0.4, -0.2) is 15.9 Å². The maximum absolute atomic E-state index is 12.2. The van der Waals surface area contributed by atoms with Crippen molar-refractivity contribution in [2.75, 3.05) is 5.32 Å². The molecule has 22 heavy (non-hydrogen) atoms. The topological polar surface area (TPSA) is 92.5 Å². The summed E-state index contributed by atoms with van der Waals surface area (Å²) in [6.07, 6.45) is -0.641. The van der Waals surface area contributed by atoms with Crippen molar-refractivity contribution in [2.24, 2.45) is 0 Å². The lowest BCUT2D eigenvalue weighted by atomic mass is 10.1. The van der Waals surface area contributed by atoms with Crippen LogP contribution in [0.3, 0.4) is 0 Å². The number of nitro benzene ring substituents is 1. The fourth-order valence-corrected chi connectivity index (χ4v) is 2.03. The molecule has 6 nitrogen and oxygen atoms in total. The third-order valence-corrected chi connectivity index (χ3v) is 3.29. The van der Waals surface area contributed by atoms with Gasteiger partial charge >= 0.3 is 0 Å². The third-order valence-electron chi connectivity index (χ3n) is 3.29. The summed E-state index contributed by atoms with van der Waals surface area (Å²) < 4.78 is 0. The molecule has 1 amide bonds. The third kappa shape index (κ3) is 3.48. The standard InChI is InChI=1S/C16H16N2O4/c1-10-6-7-13(9-15(10)18(21)22)16(20)17-14-5-3-4-12(8-14)11(2)19/h3-9,11,19H,1-2H3,(H,17,20)/t11-/m1/s1. The quantitative estimate of drug-likeness (QED) is 0.670. The van der Waals surface area contributed by atoms with Crippen molar-refractivity contribution >= 4 is 17.3 Å². The number of aryl methyl sites for hydroxylation is 1. The zero-order chi connectivity index (χ0) is 16.3. The van der Waals surface area contributed by atoms with Crippen LogP contribution in [0.2, 0.25) is 0 Å². The first-order chi connectivity index (χ1) is 10.4. The van der Waals surface area contributed by atoms with E-state index in [4.69, 9.17) is 0 Å². The van der Waals surface area contributed by atoms with E-state index in [2.05, 4.69) is 5.32 Å². The van der Waals surface area contributed by atoms with Gasteiger partial charge in [-0.05, 0) is 37.6 Å². The highest BCUT2D eigenvalue weighted by molar-refractivity contribution is 6.04. The van der Waals surface area contributed by atoms with Gasteiger partial charge < -0.3 is 10.4 Å². The molecule has 0 aliphatic rings. The Kier molecular flexibility index (Phi) is 4.53. The van der Waals surface area contributed by atoms with Gasteiger partial charge in [0.1, 0.15) is 0 Å². The molecule has 2 aromatic carbocycles. The maximum Gasteiger partial charge on any atom is 0.273 e. The van der Waals surface area contributed by atoms with Gasteiger partial charge in [0.15, 0.2) is 0 Å². The molecule has 2 rings (SSSR count). The predicted octanol–water partition coefficient (Wildman–Crippen LogP) is 3.21. The van der Waals surface area contributed by atoms with Gasteiger partial charge in [0.25, 0.3) is 11.6 Å². The van der Waals surface area contributed by atoms with E-state index in [-0.39, 0.29) is 11.3 Å². The average molecular weight is 300 g/mol. The fourth-order valence-electron chi connectivity index (χ4n) is 2.03. The Morgan fingerprint density at radius 1 is 1.27 bits per heavy atom. The molecule has 2 aromatic rings. The molecule has 6 heteroatoms. The summed E-state index contributed by atoms with van der Waals surface area (Å²) in [6.45, 7) is 3.25. The molecular weight excluding hydrogens is 284 g/mol. The molecule has 0 saturated carbocycles. The summed E-state index contributed by atoms with van der Waals surface area (Å²) in [6, 6.07) is 11.1. The van der Waals surface area contributed by atoms with E-state index in [1.807, 2.05) is 0 Å². The SMILES string of the molecule is Cc1ccc(C(=O)Nc2cccc([C@@H](C)O)c2)cc1[N+](=O)[O-]. The van der Waals surface area contributed by atoms with Crippen LogP contribution in [0.15, 0.2) is 42.5 Å². The Labute approximate surface area is 127 Å². The monoisotopic (exact) mass is 300 g/mol. The number of hydrogen-bond donors (Lipinski definition) is 2. The number of nitro groups is 1. The lowest BCUT2D eigenvalue weighted by Gasteiger charge is -2.09. The number of anilines is 1. The molecule has 0 aliphatic heterocycles. The van der Waals surface area contributed by atoms with Crippen LogP contribution in [0.5, 0.6) is 0 Å². The number of aliphatic hydroxyl groups excluding tert-OH is 1. The number of nitrogens with zero attached hydrogens (tertiary/aromatic N) is 1. The summed E-state index contributed by atoms with van der Waals surface area (Å²) in [5.74, 6) is -0.439. The normalized spacial score (nSPS) is 11.8. The van der Waals surface area contributed by atoms with Crippen molar-refractivity contribution in [2.45, 2.75) is 20.0 Å². The Hall–Kier alpha value is -2.73. The van der Waals surface area contributed by atoms with Crippen molar-refractivity contribution in [1.82, 2.24) is 0 Å². The van der Waals surface area contributed by atoms with E-state index in [0.717, 1.165) is 0 Å². The van der Waals surface area contributed by atoms with Gasteiger partial charge in [-0.25, -0.2) is 0 Å². The molecule has 0 radical (unpaired) electrons. The van der Waals surface area contributed by atoms with Gasteiger partial charge in [-0.1, -0.05) is 18.2 Å². The summed E-state index contributed by atoms with van der Waals surface area (Å²) in [7, 11) is 0. The van der Waals surface area contributed by atoms with Crippen LogP contribution in [0.1, 0.15) is 34.5 Å². The molecule has 0 spiro atoms. The minimum absolute atomic E-state index is 0.0922. The van der Waals surface area contributed by atoms with Crippen molar-refractivity contribution in [3.05, 3.63) is 69.3 Å². The molecule has 0 fully saturated rings. The number of aliphatic hydroxyl groups is 1. The van der Waals surface area contributed by atoms with Gasteiger partial charge in [0, 0.05) is 22.9 Å². The second-order valence-corrected chi connectivity index (χ2v) is 5.01. The first kappa shape index (κ1) is 15.7. The molecule has 0 aliphatic carbocycles. The highest BCUT2D eigenvalue weighted by Gasteiger charge is 2.15. The first-order valence-electron chi connectivity index (χ1n) is 6.73. The van der Waals surface area contributed by atoms with Crippen LogP contribution in [0.4, 0.5) is 11.4 Å². The molecule has 0 bridgehead atoms. The zero-order valence-corrected chi connectivity index (χ0v) is 12.2. The number of carbonyl (C=O) groups is 1. The number of nitrogens with one attached hydrogen (secondary N) is 1. The second-order valence-electron chi connectivity index (χ2n) is 5.01. The lowest BCUT2D eigenvalue weighted by molar-refractivity contribution is -0.385. The largest absolute Gasteiger partial charge is 0.389 e. The molecule has 0 aromatic heterocycles. The molecule has 2 N–H and O–H groups in total. The summed E-state index contributed by atoms with van der Waals surface area (Å²) in [5, 5.41) is 23.1. The summed E-state index contributed by atoms with van der Waals surface area (Å²) in [4.78, 5) is 22.6. The number of carbonyl (C=O) groups excluding carboxylic acids is 1. The van der Waals surface area contributed by atoms with Gasteiger partial charge in [0.2, 0.25) is 0 Å². The minimum atomic E-state index is -0.641. The van der Waals surface area contributed by atoms with Crippen LogP contribution >= 0.6 is 0 Å². The predicted molar refractivity (Wildman–Crippen MR) is 82.9 cm³/mol.